The fourth-order valence-electron chi connectivity index (χ4n) is 2.09. The van der Waals surface area contributed by atoms with Crippen LogP contribution in [0.5, 0.6) is 0 Å². The van der Waals surface area contributed by atoms with Gasteiger partial charge >= 0.3 is 0 Å². The van der Waals surface area contributed by atoms with Crippen molar-refractivity contribution in [2.24, 2.45) is 0 Å². The molecular formula is C14H19ClN2O2. The lowest BCUT2D eigenvalue weighted by molar-refractivity contribution is -0.121. The second-order valence-corrected chi connectivity index (χ2v) is 5.12. The van der Waals surface area contributed by atoms with Crippen LogP contribution >= 0.6 is 11.6 Å². The SMILES string of the molecule is O=C(CNCc1cccc(Cl)c1)NC1CCOCC1. The van der Waals surface area contributed by atoms with Crippen LogP contribution < -0.4 is 10.6 Å². The molecule has 0 aromatic heterocycles. The molecule has 2 rings (SSSR count). The Morgan fingerprint density at radius 1 is 1.37 bits per heavy atom. The van der Waals surface area contributed by atoms with Crippen LogP contribution in [0, 0.1) is 0 Å². The Hall–Kier alpha value is -1.10. The highest BCUT2D eigenvalue weighted by molar-refractivity contribution is 6.30. The molecule has 1 saturated heterocycles. The number of benzene rings is 1. The zero-order valence-electron chi connectivity index (χ0n) is 10.8. The summed E-state index contributed by atoms with van der Waals surface area (Å²) in [6.45, 7) is 2.44. The molecule has 0 bridgehead atoms. The second-order valence-electron chi connectivity index (χ2n) is 4.69. The number of amides is 1. The second kappa shape index (κ2) is 7.48. The summed E-state index contributed by atoms with van der Waals surface area (Å²) in [7, 11) is 0. The van der Waals surface area contributed by atoms with Gasteiger partial charge in [-0.2, -0.15) is 0 Å². The molecule has 104 valence electrons. The first-order valence-electron chi connectivity index (χ1n) is 6.56. The summed E-state index contributed by atoms with van der Waals surface area (Å²) in [5.41, 5.74) is 1.08. The van der Waals surface area contributed by atoms with Gasteiger partial charge in [-0.3, -0.25) is 4.79 Å². The van der Waals surface area contributed by atoms with Gasteiger partial charge in [0, 0.05) is 30.8 Å². The van der Waals surface area contributed by atoms with Gasteiger partial charge in [0.25, 0.3) is 0 Å². The highest BCUT2D eigenvalue weighted by atomic mass is 35.5. The summed E-state index contributed by atoms with van der Waals surface area (Å²) in [4.78, 5) is 11.7. The lowest BCUT2D eigenvalue weighted by Crippen LogP contribution is -2.42. The van der Waals surface area contributed by atoms with Gasteiger partial charge in [0.1, 0.15) is 0 Å². The first-order chi connectivity index (χ1) is 9.24. The van der Waals surface area contributed by atoms with Crippen LogP contribution in [0.25, 0.3) is 0 Å². The quantitative estimate of drug-likeness (QED) is 0.865. The molecule has 1 aromatic carbocycles. The van der Waals surface area contributed by atoms with Gasteiger partial charge in [-0.15, -0.1) is 0 Å². The minimum Gasteiger partial charge on any atom is -0.381 e. The zero-order valence-corrected chi connectivity index (χ0v) is 11.6. The van der Waals surface area contributed by atoms with E-state index in [0.29, 0.717) is 18.1 Å². The number of rotatable bonds is 5. The fourth-order valence-corrected chi connectivity index (χ4v) is 2.30. The minimum absolute atomic E-state index is 0.0360. The average molecular weight is 283 g/mol. The molecule has 2 N–H and O–H groups in total. The standard InChI is InChI=1S/C14H19ClN2O2/c15-12-3-1-2-11(8-12)9-16-10-14(18)17-13-4-6-19-7-5-13/h1-3,8,13,16H,4-7,9-10H2,(H,17,18). The van der Waals surface area contributed by atoms with E-state index in [1.54, 1.807) is 0 Å². The van der Waals surface area contributed by atoms with Gasteiger partial charge in [0.2, 0.25) is 5.91 Å². The van der Waals surface area contributed by atoms with Crippen molar-refractivity contribution >= 4 is 17.5 Å². The fraction of sp³-hybridized carbons (Fsp3) is 0.500. The molecule has 1 aromatic rings. The smallest absolute Gasteiger partial charge is 0.234 e. The van der Waals surface area contributed by atoms with E-state index >= 15 is 0 Å². The number of halogens is 1. The predicted molar refractivity (Wildman–Crippen MR) is 75.1 cm³/mol. The number of ether oxygens (including phenoxy) is 1. The number of hydrogen-bond donors (Lipinski definition) is 2. The van der Waals surface area contributed by atoms with Gasteiger partial charge in [-0.25, -0.2) is 0 Å². The number of nitrogens with one attached hydrogen (secondary N) is 2. The van der Waals surface area contributed by atoms with Crippen molar-refractivity contribution in [2.75, 3.05) is 19.8 Å². The summed E-state index contributed by atoms with van der Waals surface area (Å²) >= 11 is 5.90. The normalized spacial score (nSPS) is 16.3. The summed E-state index contributed by atoms with van der Waals surface area (Å²) in [5, 5.41) is 6.84. The largest absolute Gasteiger partial charge is 0.381 e. The van der Waals surface area contributed by atoms with Crippen LogP contribution in [0.15, 0.2) is 24.3 Å². The number of carbonyl (C=O) groups excluding carboxylic acids is 1. The van der Waals surface area contributed by atoms with Gasteiger partial charge in [0.05, 0.1) is 6.54 Å². The van der Waals surface area contributed by atoms with Crippen molar-refractivity contribution in [3.63, 3.8) is 0 Å². The summed E-state index contributed by atoms with van der Waals surface area (Å²) < 4.78 is 5.25. The van der Waals surface area contributed by atoms with E-state index in [2.05, 4.69) is 10.6 Å². The monoisotopic (exact) mass is 282 g/mol. The molecule has 1 fully saturated rings. The van der Waals surface area contributed by atoms with Gasteiger partial charge < -0.3 is 15.4 Å². The van der Waals surface area contributed by atoms with Crippen LogP contribution in [-0.4, -0.2) is 31.7 Å². The Labute approximate surface area is 118 Å². The molecule has 0 aliphatic carbocycles. The maximum atomic E-state index is 11.7. The molecule has 19 heavy (non-hydrogen) atoms. The average Bonchev–Trinajstić information content (AvgIpc) is 2.40. The highest BCUT2D eigenvalue weighted by Crippen LogP contribution is 2.10. The molecule has 1 aliphatic rings. The van der Waals surface area contributed by atoms with Gasteiger partial charge in [-0.05, 0) is 30.5 Å². The van der Waals surface area contributed by atoms with Crippen molar-refractivity contribution in [3.8, 4) is 0 Å². The Kier molecular flexibility index (Phi) is 5.63. The van der Waals surface area contributed by atoms with E-state index < -0.39 is 0 Å². The first kappa shape index (κ1) is 14.3. The van der Waals surface area contributed by atoms with E-state index in [1.807, 2.05) is 24.3 Å². The lowest BCUT2D eigenvalue weighted by Gasteiger charge is -2.23. The minimum atomic E-state index is 0.0360. The molecule has 4 nitrogen and oxygen atoms in total. The van der Waals surface area contributed by atoms with E-state index in [9.17, 15) is 4.79 Å². The Morgan fingerprint density at radius 3 is 2.89 bits per heavy atom. The third-order valence-electron chi connectivity index (χ3n) is 3.09. The molecule has 5 heteroatoms. The molecular weight excluding hydrogens is 264 g/mol. The van der Waals surface area contributed by atoms with Crippen LogP contribution in [0.3, 0.4) is 0 Å². The Balaban J connectivity index is 1.66. The van der Waals surface area contributed by atoms with Crippen molar-refractivity contribution in [2.45, 2.75) is 25.4 Å². The summed E-state index contributed by atoms with van der Waals surface area (Å²) in [5.74, 6) is 0.0360. The molecule has 0 spiro atoms. The Morgan fingerprint density at radius 2 is 2.16 bits per heavy atom. The summed E-state index contributed by atoms with van der Waals surface area (Å²) in [6, 6.07) is 7.87. The van der Waals surface area contributed by atoms with E-state index in [4.69, 9.17) is 16.3 Å². The third-order valence-corrected chi connectivity index (χ3v) is 3.33. The third kappa shape index (κ3) is 5.19. The van der Waals surface area contributed by atoms with E-state index in [0.717, 1.165) is 31.6 Å². The maximum Gasteiger partial charge on any atom is 0.234 e. The van der Waals surface area contributed by atoms with E-state index in [-0.39, 0.29) is 11.9 Å². The van der Waals surface area contributed by atoms with Crippen LogP contribution in [0.4, 0.5) is 0 Å². The topological polar surface area (TPSA) is 50.4 Å². The van der Waals surface area contributed by atoms with Crippen molar-refractivity contribution in [1.82, 2.24) is 10.6 Å². The summed E-state index contributed by atoms with van der Waals surface area (Å²) in [6.07, 6.45) is 1.81. The molecule has 0 radical (unpaired) electrons. The molecule has 1 aliphatic heterocycles. The van der Waals surface area contributed by atoms with Crippen LogP contribution in [0.2, 0.25) is 5.02 Å². The zero-order chi connectivity index (χ0) is 13.5. The predicted octanol–water partition coefficient (Wildman–Crippen LogP) is 1.72. The maximum absolute atomic E-state index is 11.7. The number of carbonyl (C=O) groups is 1. The van der Waals surface area contributed by atoms with Gasteiger partial charge in [-0.1, -0.05) is 23.7 Å². The first-order valence-corrected chi connectivity index (χ1v) is 6.94. The van der Waals surface area contributed by atoms with Crippen molar-refractivity contribution in [3.05, 3.63) is 34.9 Å². The van der Waals surface area contributed by atoms with Gasteiger partial charge in [0.15, 0.2) is 0 Å². The van der Waals surface area contributed by atoms with Crippen molar-refractivity contribution in [1.29, 1.82) is 0 Å². The van der Waals surface area contributed by atoms with Crippen LogP contribution in [0.1, 0.15) is 18.4 Å². The molecule has 1 amide bonds. The number of hydrogen-bond acceptors (Lipinski definition) is 3. The molecule has 1 heterocycles. The van der Waals surface area contributed by atoms with Crippen LogP contribution in [-0.2, 0) is 16.1 Å². The Bertz CT molecular complexity index is 420. The molecule has 0 unspecified atom stereocenters. The van der Waals surface area contributed by atoms with E-state index in [1.165, 1.54) is 0 Å². The highest BCUT2D eigenvalue weighted by Gasteiger charge is 2.15. The van der Waals surface area contributed by atoms with Crippen molar-refractivity contribution < 1.29 is 9.53 Å². The molecule has 0 saturated carbocycles. The molecule has 0 atom stereocenters. The lowest BCUT2D eigenvalue weighted by atomic mass is 10.1.